The van der Waals surface area contributed by atoms with Crippen molar-refractivity contribution in [2.24, 2.45) is 0 Å². The number of esters is 1. The van der Waals surface area contributed by atoms with Crippen LogP contribution < -0.4 is 19.5 Å². The molecule has 0 bridgehead atoms. The van der Waals surface area contributed by atoms with Gasteiger partial charge in [0.2, 0.25) is 0 Å². The Bertz CT molecular complexity index is 1300. The molecule has 0 radical (unpaired) electrons. The fourth-order valence-corrected chi connectivity index (χ4v) is 5.15. The van der Waals surface area contributed by atoms with E-state index in [2.05, 4.69) is 5.32 Å². The van der Waals surface area contributed by atoms with E-state index in [-0.39, 0.29) is 42.8 Å². The molecular formula is C29H33NO8. The summed E-state index contributed by atoms with van der Waals surface area (Å²) in [7, 11) is 6.14. The lowest BCUT2D eigenvalue weighted by Gasteiger charge is -2.37. The molecule has 1 heterocycles. The third kappa shape index (κ3) is 5.19. The van der Waals surface area contributed by atoms with Crippen LogP contribution in [0, 0.1) is 0 Å². The molecule has 2 N–H and O–H groups in total. The first-order valence-electron chi connectivity index (χ1n) is 12.3. The van der Waals surface area contributed by atoms with Gasteiger partial charge in [-0.3, -0.25) is 4.79 Å². The van der Waals surface area contributed by atoms with Crippen LogP contribution in [0.3, 0.4) is 0 Å². The van der Waals surface area contributed by atoms with Crippen molar-refractivity contribution in [3.8, 4) is 23.0 Å². The summed E-state index contributed by atoms with van der Waals surface area (Å²) in [4.78, 5) is 27.1. The van der Waals surface area contributed by atoms with Gasteiger partial charge in [-0.05, 0) is 54.7 Å². The third-order valence-electron chi connectivity index (χ3n) is 6.98. The van der Waals surface area contributed by atoms with Crippen molar-refractivity contribution in [3.05, 3.63) is 70.1 Å². The van der Waals surface area contributed by atoms with Gasteiger partial charge in [-0.25, -0.2) is 4.79 Å². The number of phenols is 1. The monoisotopic (exact) mass is 523 g/mol. The molecule has 2 aromatic carbocycles. The first kappa shape index (κ1) is 27.1. The second-order valence-electron chi connectivity index (χ2n) is 9.19. The maximum absolute atomic E-state index is 13.8. The molecule has 2 aliphatic rings. The number of ether oxygens (including phenoxy) is 5. The molecule has 0 fully saturated rings. The Morgan fingerprint density at radius 1 is 0.921 bits per heavy atom. The molecule has 0 spiro atoms. The molecule has 0 unspecified atom stereocenters. The quantitative estimate of drug-likeness (QED) is 0.372. The highest BCUT2D eigenvalue weighted by Gasteiger charge is 2.41. The second kappa shape index (κ2) is 11.6. The first-order chi connectivity index (χ1) is 18.3. The van der Waals surface area contributed by atoms with Crippen LogP contribution in [0.25, 0.3) is 0 Å². The smallest absolute Gasteiger partial charge is 0.336 e. The minimum Gasteiger partial charge on any atom is -0.504 e. The molecule has 0 saturated heterocycles. The largest absolute Gasteiger partial charge is 0.504 e. The van der Waals surface area contributed by atoms with Crippen molar-refractivity contribution < 1.29 is 38.4 Å². The Balaban J connectivity index is 1.77. The average Bonchev–Trinajstić information content (AvgIpc) is 2.92. The van der Waals surface area contributed by atoms with Crippen LogP contribution in [0.1, 0.15) is 42.7 Å². The molecule has 2 aromatic rings. The minimum absolute atomic E-state index is 0.0344. The average molecular weight is 524 g/mol. The van der Waals surface area contributed by atoms with Gasteiger partial charge in [0, 0.05) is 36.4 Å². The van der Waals surface area contributed by atoms with Crippen LogP contribution in [-0.4, -0.2) is 58.5 Å². The zero-order valence-electron chi connectivity index (χ0n) is 22.3. The molecular weight excluding hydrogens is 490 g/mol. The van der Waals surface area contributed by atoms with E-state index >= 15 is 0 Å². The van der Waals surface area contributed by atoms with Crippen LogP contribution >= 0.6 is 0 Å². The van der Waals surface area contributed by atoms with E-state index < -0.39 is 11.9 Å². The number of hydrogen-bond acceptors (Lipinski definition) is 9. The molecule has 202 valence electrons. The number of Topliss-reactive ketones (excluding diaryl/α,β-unsaturated/α-hetero) is 1. The summed E-state index contributed by atoms with van der Waals surface area (Å²) in [6.45, 7) is 2.13. The SMILES string of the molecule is COCCOC(=O)C1=C(C)NC2=C(C(=O)C[C@H](c3ccc(OC)c(OC)c3)C2)[C@H]1c1ccc(O)c(OC)c1. The number of hydrogen-bond donors (Lipinski definition) is 2. The number of ketones is 1. The van der Waals surface area contributed by atoms with Crippen molar-refractivity contribution in [3.63, 3.8) is 0 Å². The number of aromatic hydroxyl groups is 1. The van der Waals surface area contributed by atoms with Crippen molar-refractivity contribution >= 4 is 11.8 Å². The van der Waals surface area contributed by atoms with Gasteiger partial charge in [0.1, 0.15) is 6.61 Å². The molecule has 9 nitrogen and oxygen atoms in total. The lowest BCUT2D eigenvalue weighted by molar-refractivity contribution is -0.140. The van der Waals surface area contributed by atoms with Crippen LogP contribution in [0.2, 0.25) is 0 Å². The highest BCUT2D eigenvalue weighted by atomic mass is 16.6. The van der Waals surface area contributed by atoms with Gasteiger partial charge < -0.3 is 34.1 Å². The molecule has 0 saturated carbocycles. The normalized spacial score (nSPS) is 19.0. The Morgan fingerprint density at radius 3 is 2.29 bits per heavy atom. The van der Waals surface area contributed by atoms with E-state index in [4.69, 9.17) is 23.7 Å². The lowest BCUT2D eigenvalue weighted by Crippen LogP contribution is -2.36. The van der Waals surface area contributed by atoms with Crippen LogP contribution in [0.5, 0.6) is 23.0 Å². The van der Waals surface area contributed by atoms with Gasteiger partial charge in [0.15, 0.2) is 28.8 Å². The topological polar surface area (TPSA) is 113 Å². The highest BCUT2D eigenvalue weighted by Crippen LogP contribution is 2.47. The predicted octanol–water partition coefficient (Wildman–Crippen LogP) is 3.97. The maximum Gasteiger partial charge on any atom is 0.336 e. The number of carbonyl (C=O) groups excluding carboxylic acids is 2. The molecule has 2 atom stereocenters. The number of rotatable bonds is 9. The summed E-state index contributed by atoms with van der Waals surface area (Å²) >= 11 is 0. The molecule has 38 heavy (non-hydrogen) atoms. The third-order valence-corrected chi connectivity index (χ3v) is 6.98. The van der Waals surface area contributed by atoms with Gasteiger partial charge in [-0.15, -0.1) is 0 Å². The van der Waals surface area contributed by atoms with Crippen molar-refractivity contribution in [1.29, 1.82) is 0 Å². The summed E-state index contributed by atoms with van der Waals surface area (Å²) < 4.78 is 26.6. The summed E-state index contributed by atoms with van der Waals surface area (Å²) in [5.41, 5.74) is 3.81. The van der Waals surface area contributed by atoms with Gasteiger partial charge in [0.05, 0.1) is 33.5 Å². The summed E-state index contributed by atoms with van der Waals surface area (Å²) in [5.74, 6) is 0.0371. The van der Waals surface area contributed by atoms with E-state index in [9.17, 15) is 14.7 Å². The van der Waals surface area contributed by atoms with E-state index in [1.54, 1.807) is 33.3 Å². The molecule has 9 heteroatoms. The number of benzene rings is 2. The molecule has 1 aliphatic carbocycles. The number of carbonyl (C=O) groups is 2. The Hall–Kier alpha value is -3.98. The fraction of sp³-hybridized carbons (Fsp3) is 0.379. The lowest BCUT2D eigenvalue weighted by atomic mass is 9.71. The molecule has 1 aliphatic heterocycles. The summed E-state index contributed by atoms with van der Waals surface area (Å²) in [6, 6.07) is 10.5. The summed E-state index contributed by atoms with van der Waals surface area (Å²) in [5, 5.41) is 13.5. The van der Waals surface area contributed by atoms with E-state index in [0.717, 1.165) is 11.3 Å². The Kier molecular flexibility index (Phi) is 8.26. The Morgan fingerprint density at radius 2 is 1.61 bits per heavy atom. The number of phenolic OH excluding ortho intramolecular Hbond substituents is 1. The van der Waals surface area contributed by atoms with Gasteiger partial charge in [-0.2, -0.15) is 0 Å². The Labute approximate surface area is 222 Å². The number of allylic oxidation sites excluding steroid dienone is 3. The molecule has 4 rings (SSSR count). The van der Waals surface area contributed by atoms with E-state index in [1.807, 2.05) is 18.2 Å². The number of dihydropyridines is 1. The van der Waals surface area contributed by atoms with Crippen LogP contribution in [0.15, 0.2) is 58.9 Å². The van der Waals surface area contributed by atoms with Crippen molar-refractivity contribution in [1.82, 2.24) is 5.32 Å². The number of nitrogens with one attached hydrogen (secondary N) is 1. The predicted molar refractivity (Wildman–Crippen MR) is 140 cm³/mol. The fourth-order valence-electron chi connectivity index (χ4n) is 5.15. The molecule has 0 amide bonds. The summed E-state index contributed by atoms with van der Waals surface area (Å²) in [6.07, 6.45) is 0.818. The zero-order chi connectivity index (χ0) is 27.4. The van der Waals surface area contributed by atoms with Crippen LogP contribution in [-0.2, 0) is 19.1 Å². The first-order valence-corrected chi connectivity index (χ1v) is 12.3. The zero-order valence-corrected chi connectivity index (χ0v) is 22.3. The minimum atomic E-state index is -0.686. The number of methoxy groups -OCH3 is 4. The van der Waals surface area contributed by atoms with Crippen molar-refractivity contribution in [2.45, 2.75) is 31.6 Å². The van der Waals surface area contributed by atoms with Crippen LogP contribution in [0.4, 0.5) is 0 Å². The molecule has 0 aromatic heterocycles. The standard InChI is InChI=1S/C29H33NO8/c1-16-26(29(33)38-11-10-34-2)27(18-6-8-21(31)24(15-18)36-4)28-20(30-16)12-19(13-22(28)32)17-7-9-23(35-3)25(14-17)37-5/h6-9,14-15,19,27,30-31H,10-13H2,1-5H3/t19-,27+/m1/s1. The van der Waals surface area contributed by atoms with Gasteiger partial charge in [0.25, 0.3) is 0 Å². The van der Waals surface area contributed by atoms with E-state index in [1.165, 1.54) is 20.3 Å². The van der Waals surface area contributed by atoms with Gasteiger partial charge in [-0.1, -0.05) is 12.1 Å². The maximum atomic E-state index is 13.8. The van der Waals surface area contributed by atoms with Gasteiger partial charge >= 0.3 is 5.97 Å². The van der Waals surface area contributed by atoms with Crippen molar-refractivity contribution in [2.75, 3.05) is 41.7 Å². The van der Waals surface area contributed by atoms with E-state index in [0.29, 0.717) is 40.3 Å². The second-order valence-corrected chi connectivity index (χ2v) is 9.19. The highest BCUT2D eigenvalue weighted by molar-refractivity contribution is 6.04.